The van der Waals surface area contributed by atoms with Crippen molar-refractivity contribution in [2.45, 2.75) is 39.0 Å². The molecule has 1 aliphatic rings. The van der Waals surface area contributed by atoms with E-state index in [2.05, 4.69) is 10.1 Å². The van der Waals surface area contributed by atoms with Gasteiger partial charge in [-0.25, -0.2) is 0 Å². The van der Waals surface area contributed by atoms with E-state index in [-0.39, 0.29) is 24.8 Å². The van der Waals surface area contributed by atoms with Crippen molar-refractivity contribution >= 4 is 28.8 Å². The summed E-state index contributed by atoms with van der Waals surface area (Å²) < 4.78 is 5.32. The molecule has 162 valence electrons. The molecule has 0 unspecified atom stereocenters. The first kappa shape index (κ1) is 21.2. The first-order chi connectivity index (χ1) is 15.1. The average molecular weight is 439 g/mol. The van der Waals surface area contributed by atoms with Crippen LogP contribution >= 0.6 is 11.3 Å². The molecule has 0 atom stereocenters. The predicted octanol–water partition coefficient (Wildman–Crippen LogP) is 4.08. The number of amides is 2. The van der Waals surface area contributed by atoms with Crippen LogP contribution in [-0.4, -0.2) is 46.5 Å². The van der Waals surface area contributed by atoms with Gasteiger partial charge in [0.05, 0.1) is 4.88 Å². The van der Waals surface area contributed by atoms with Gasteiger partial charge in [0.15, 0.2) is 0 Å². The van der Waals surface area contributed by atoms with Gasteiger partial charge in [0, 0.05) is 31.6 Å². The number of anilines is 1. The Hall–Kier alpha value is -3.00. The topological polar surface area (TPSA) is 79.5 Å². The van der Waals surface area contributed by atoms with Crippen molar-refractivity contribution in [1.29, 1.82) is 0 Å². The molecule has 2 aromatic heterocycles. The Bertz CT molecular complexity index is 1010. The van der Waals surface area contributed by atoms with Crippen LogP contribution in [0.3, 0.4) is 0 Å². The van der Waals surface area contributed by atoms with Gasteiger partial charge < -0.3 is 14.3 Å². The SMILES string of the molecule is Cc1ccc(N(CC(=O)N2CCCCC2)C(=O)CCc2nc(-c3cccs3)no2)cc1. The molecule has 0 spiro atoms. The number of hydrogen-bond donors (Lipinski definition) is 0. The predicted molar refractivity (Wildman–Crippen MR) is 120 cm³/mol. The molecule has 0 aliphatic carbocycles. The zero-order chi connectivity index (χ0) is 21.6. The Labute approximate surface area is 185 Å². The zero-order valence-electron chi connectivity index (χ0n) is 17.6. The molecule has 1 fully saturated rings. The van der Waals surface area contributed by atoms with Gasteiger partial charge in [-0.05, 0) is 49.8 Å². The van der Waals surface area contributed by atoms with Crippen molar-refractivity contribution in [3.05, 3.63) is 53.2 Å². The summed E-state index contributed by atoms with van der Waals surface area (Å²) in [6.07, 6.45) is 3.72. The maximum absolute atomic E-state index is 13.1. The number of aromatic nitrogens is 2. The molecule has 3 heterocycles. The van der Waals surface area contributed by atoms with E-state index >= 15 is 0 Å². The van der Waals surface area contributed by atoms with Crippen molar-refractivity contribution in [2.24, 2.45) is 0 Å². The Balaban J connectivity index is 1.44. The van der Waals surface area contributed by atoms with E-state index in [4.69, 9.17) is 4.52 Å². The quantitative estimate of drug-likeness (QED) is 0.555. The molecule has 1 aromatic carbocycles. The zero-order valence-corrected chi connectivity index (χ0v) is 18.4. The number of benzene rings is 1. The average Bonchev–Trinajstić information content (AvgIpc) is 3.49. The van der Waals surface area contributed by atoms with E-state index in [1.807, 2.05) is 53.6 Å². The van der Waals surface area contributed by atoms with Crippen LogP contribution in [0.4, 0.5) is 5.69 Å². The van der Waals surface area contributed by atoms with Crippen LogP contribution in [0, 0.1) is 6.92 Å². The molecule has 0 bridgehead atoms. The number of hydrogen-bond acceptors (Lipinski definition) is 6. The minimum absolute atomic E-state index is 0.00797. The van der Waals surface area contributed by atoms with Gasteiger partial charge in [0.1, 0.15) is 6.54 Å². The first-order valence-electron chi connectivity index (χ1n) is 10.6. The number of piperidine rings is 1. The van der Waals surface area contributed by atoms with Gasteiger partial charge in [-0.15, -0.1) is 11.3 Å². The van der Waals surface area contributed by atoms with Crippen LogP contribution in [0.2, 0.25) is 0 Å². The highest BCUT2D eigenvalue weighted by Gasteiger charge is 2.24. The molecule has 1 saturated heterocycles. The van der Waals surface area contributed by atoms with E-state index in [0.717, 1.165) is 48.5 Å². The third kappa shape index (κ3) is 5.38. The minimum Gasteiger partial charge on any atom is -0.341 e. The number of likely N-dealkylation sites (tertiary alicyclic amines) is 1. The van der Waals surface area contributed by atoms with Crippen molar-refractivity contribution < 1.29 is 14.1 Å². The minimum atomic E-state index is -0.134. The first-order valence-corrected chi connectivity index (χ1v) is 11.5. The standard InChI is InChI=1S/C23H26N4O3S/c1-17-7-9-18(10-8-17)27(16-22(29)26-13-3-2-4-14-26)21(28)12-11-20-24-23(25-30-20)19-6-5-15-31-19/h5-10,15H,2-4,11-14,16H2,1H3. The van der Waals surface area contributed by atoms with E-state index in [9.17, 15) is 9.59 Å². The molecule has 8 heteroatoms. The fraction of sp³-hybridized carbons (Fsp3) is 0.391. The summed E-state index contributed by atoms with van der Waals surface area (Å²) in [6, 6.07) is 11.5. The van der Waals surface area contributed by atoms with Crippen LogP contribution in [0.1, 0.15) is 37.1 Å². The molecule has 7 nitrogen and oxygen atoms in total. The summed E-state index contributed by atoms with van der Waals surface area (Å²) >= 11 is 1.54. The highest BCUT2D eigenvalue weighted by atomic mass is 32.1. The number of rotatable bonds is 7. The lowest BCUT2D eigenvalue weighted by Crippen LogP contribution is -2.45. The number of thiophene rings is 1. The second-order valence-electron chi connectivity index (χ2n) is 7.75. The smallest absolute Gasteiger partial charge is 0.242 e. The number of carbonyl (C=O) groups is 2. The highest BCUT2D eigenvalue weighted by molar-refractivity contribution is 7.13. The fourth-order valence-corrected chi connectivity index (χ4v) is 4.29. The maximum atomic E-state index is 13.1. The molecule has 3 aromatic rings. The number of aryl methyl sites for hydroxylation is 2. The Kier molecular flexibility index (Phi) is 6.76. The van der Waals surface area contributed by atoms with Gasteiger partial charge >= 0.3 is 0 Å². The number of carbonyl (C=O) groups excluding carboxylic acids is 2. The summed E-state index contributed by atoms with van der Waals surface area (Å²) in [5.74, 6) is 0.813. The number of nitrogens with zero attached hydrogens (tertiary/aromatic N) is 4. The molecule has 0 N–H and O–H groups in total. The summed E-state index contributed by atoms with van der Waals surface area (Å²) in [5, 5.41) is 5.95. The van der Waals surface area contributed by atoms with E-state index < -0.39 is 0 Å². The lowest BCUT2D eigenvalue weighted by atomic mass is 10.1. The summed E-state index contributed by atoms with van der Waals surface area (Å²) in [5.41, 5.74) is 1.83. The van der Waals surface area contributed by atoms with Gasteiger partial charge in [0.25, 0.3) is 0 Å². The Morgan fingerprint density at radius 1 is 1.13 bits per heavy atom. The van der Waals surface area contributed by atoms with Crippen molar-refractivity contribution in [3.8, 4) is 10.7 Å². The molecular formula is C23H26N4O3S. The Morgan fingerprint density at radius 2 is 1.90 bits per heavy atom. The van der Waals surface area contributed by atoms with Gasteiger partial charge in [0.2, 0.25) is 23.5 Å². The van der Waals surface area contributed by atoms with E-state index in [0.29, 0.717) is 18.1 Å². The molecule has 2 amide bonds. The van der Waals surface area contributed by atoms with E-state index in [1.165, 1.54) is 11.3 Å². The van der Waals surface area contributed by atoms with Crippen LogP contribution in [0.5, 0.6) is 0 Å². The third-order valence-electron chi connectivity index (χ3n) is 5.41. The second-order valence-corrected chi connectivity index (χ2v) is 8.69. The van der Waals surface area contributed by atoms with Crippen LogP contribution in [0.15, 0.2) is 46.3 Å². The van der Waals surface area contributed by atoms with Crippen molar-refractivity contribution in [1.82, 2.24) is 15.0 Å². The van der Waals surface area contributed by atoms with Crippen LogP contribution in [0.25, 0.3) is 10.7 Å². The molecule has 0 saturated carbocycles. The van der Waals surface area contributed by atoms with Gasteiger partial charge in [-0.2, -0.15) is 4.98 Å². The Morgan fingerprint density at radius 3 is 2.61 bits per heavy atom. The molecule has 0 radical (unpaired) electrons. The fourth-order valence-electron chi connectivity index (χ4n) is 3.64. The normalized spacial score (nSPS) is 13.9. The van der Waals surface area contributed by atoms with Crippen LogP contribution < -0.4 is 4.90 Å². The van der Waals surface area contributed by atoms with Gasteiger partial charge in [-0.1, -0.05) is 28.9 Å². The van der Waals surface area contributed by atoms with E-state index in [1.54, 1.807) is 4.90 Å². The molecule has 1 aliphatic heterocycles. The molecule has 4 rings (SSSR count). The van der Waals surface area contributed by atoms with Crippen molar-refractivity contribution in [3.63, 3.8) is 0 Å². The highest BCUT2D eigenvalue weighted by Crippen LogP contribution is 2.22. The van der Waals surface area contributed by atoms with Crippen molar-refractivity contribution in [2.75, 3.05) is 24.5 Å². The second kappa shape index (κ2) is 9.87. The largest absolute Gasteiger partial charge is 0.341 e. The maximum Gasteiger partial charge on any atom is 0.242 e. The lowest BCUT2D eigenvalue weighted by molar-refractivity contribution is -0.132. The monoisotopic (exact) mass is 438 g/mol. The van der Waals surface area contributed by atoms with Crippen LogP contribution in [-0.2, 0) is 16.0 Å². The summed E-state index contributed by atoms with van der Waals surface area (Å²) in [6.45, 7) is 3.58. The summed E-state index contributed by atoms with van der Waals surface area (Å²) in [7, 11) is 0. The molecule has 31 heavy (non-hydrogen) atoms. The summed E-state index contributed by atoms with van der Waals surface area (Å²) in [4.78, 5) is 34.7. The lowest BCUT2D eigenvalue weighted by Gasteiger charge is -2.30. The molecular weight excluding hydrogens is 412 g/mol. The van der Waals surface area contributed by atoms with Gasteiger partial charge in [-0.3, -0.25) is 9.59 Å². The third-order valence-corrected chi connectivity index (χ3v) is 6.28.